The smallest absolute Gasteiger partial charge is 0.0991 e. The third-order valence-corrected chi connectivity index (χ3v) is 9.15. The minimum Gasteiger partial charge on any atom is -0.309 e. The Morgan fingerprint density at radius 3 is 1.85 bits per heavy atom. The first kappa shape index (κ1) is 26.1. The van der Waals surface area contributed by atoms with Gasteiger partial charge in [0.2, 0.25) is 0 Å². The SMILES string of the molecule is N#Cc1ccc(-n2c3ccccc3c3c(-c4ccc5c(c4)c4ccccc4n5-c4ccccc4)cccc32)c(-c2ccccc2)c1. The molecule has 0 saturated heterocycles. The van der Waals surface area contributed by atoms with Crippen LogP contribution in [0, 0.1) is 11.3 Å². The van der Waals surface area contributed by atoms with E-state index in [1.54, 1.807) is 0 Å². The van der Waals surface area contributed by atoms with Crippen molar-refractivity contribution in [2.24, 2.45) is 0 Å². The second-order valence-electron chi connectivity index (χ2n) is 11.7. The first-order chi connectivity index (χ1) is 22.8. The van der Waals surface area contributed by atoms with Crippen molar-refractivity contribution in [3.8, 4) is 39.7 Å². The van der Waals surface area contributed by atoms with Crippen molar-refractivity contribution in [1.82, 2.24) is 9.13 Å². The normalized spacial score (nSPS) is 11.5. The van der Waals surface area contributed by atoms with Crippen molar-refractivity contribution in [3.63, 3.8) is 0 Å². The molecule has 0 aliphatic heterocycles. The van der Waals surface area contributed by atoms with Crippen LogP contribution in [-0.2, 0) is 0 Å². The Morgan fingerprint density at radius 1 is 0.413 bits per heavy atom. The number of fused-ring (bicyclic) bond motifs is 6. The van der Waals surface area contributed by atoms with Gasteiger partial charge in [-0.3, -0.25) is 0 Å². The predicted octanol–water partition coefficient (Wildman–Crippen LogP) is 11.1. The highest BCUT2D eigenvalue weighted by atomic mass is 15.0. The summed E-state index contributed by atoms with van der Waals surface area (Å²) in [6, 6.07) is 60.1. The monoisotopic (exact) mass is 585 g/mol. The molecule has 7 aromatic carbocycles. The van der Waals surface area contributed by atoms with Gasteiger partial charge in [0.15, 0.2) is 0 Å². The lowest BCUT2D eigenvalue weighted by atomic mass is 9.97. The second-order valence-corrected chi connectivity index (χ2v) is 11.7. The molecule has 0 atom stereocenters. The van der Waals surface area contributed by atoms with Crippen LogP contribution in [0.2, 0.25) is 0 Å². The molecular formula is C43H27N3. The Hall–Kier alpha value is -6.37. The molecule has 46 heavy (non-hydrogen) atoms. The molecule has 0 N–H and O–H groups in total. The first-order valence-corrected chi connectivity index (χ1v) is 15.5. The minimum absolute atomic E-state index is 0.645. The zero-order valence-electron chi connectivity index (χ0n) is 24.9. The Morgan fingerprint density at radius 2 is 1.07 bits per heavy atom. The van der Waals surface area contributed by atoms with Gasteiger partial charge in [0.25, 0.3) is 0 Å². The third-order valence-electron chi connectivity index (χ3n) is 9.15. The Bertz CT molecular complexity index is 2630. The lowest BCUT2D eigenvalue weighted by Crippen LogP contribution is -1.98. The number of aromatic nitrogens is 2. The molecule has 0 unspecified atom stereocenters. The number of rotatable bonds is 4. The number of nitrogens with zero attached hydrogens (tertiary/aromatic N) is 3. The molecule has 0 fully saturated rings. The van der Waals surface area contributed by atoms with Gasteiger partial charge in [0.1, 0.15) is 0 Å². The maximum atomic E-state index is 9.79. The lowest BCUT2D eigenvalue weighted by Gasteiger charge is -2.15. The average Bonchev–Trinajstić information content (AvgIpc) is 3.65. The molecule has 0 aliphatic rings. The zero-order chi connectivity index (χ0) is 30.6. The van der Waals surface area contributed by atoms with Gasteiger partial charge >= 0.3 is 0 Å². The van der Waals surface area contributed by atoms with Gasteiger partial charge in [0, 0.05) is 32.8 Å². The number of hydrogen-bond acceptors (Lipinski definition) is 1. The highest BCUT2D eigenvalue weighted by Gasteiger charge is 2.20. The highest BCUT2D eigenvalue weighted by molar-refractivity contribution is 6.17. The Labute approximate surface area is 266 Å². The van der Waals surface area contributed by atoms with Crippen molar-refractivity contribution in [3.05, 3.63) is 169 Å². The van der Waals surface area contributed by atoms with E-state index in [1.807, 2.05) is 30.3 Å². The van der Waals surface area contributed by atoms with Crippen LogP contribution in [0.4, 0.5) is 0 Å². The van der Waals surface area contributed by atoms with Gasteiger partial charge in [-0.15, -0.1) is 0 Å². The number of benzene rings is 7. The van der Waals surface area contributed by atoms with E-state index in [0.717, 1.165) is 33.5 Å². The van der Waals surface area contributed by atoms with Crippen LogP contribution in [0.5, 0.6) is 0 Å². The fraction of sp³-hybridized carbons (Fsp3) is 0. The lowest BCUT2D eigenvalue weighted by molar-refractivity contribution is 1.18. The van der Waals surface area contributed by atoms with Crippen LogP contribution in [0.1, 0.15) is 5.56 Å². The molecule has 3 nitrogen and oxygen atoms in total. The quantitative estimate of drug-likeness (QED) is 0.202. The van der Waals surface area contributed by atoms with Crippen LogP contribution in [0.3, 0.4) is 0 Å². The minimum atomic E-state index is 0.645. The summed E-state index contributed by atoms with van der Waals surface area (Å²) in [5.74, 6) is 0. The predicted molar refractivity (Wildman–Crippen MR) is 191 cm³/mol. The molecule has 0 amide bonds. The van der Waals surface area contributed by atoms with Gasteiger partial charge in [0.05, 0.1) is 39.4 Å². The molecule has 9 aromatic rings. The summed E-state index contributed by atoms with van der Waals surface area (Å²) < 4.78 is 4.72. The van der Waals surface area contributed by atoms with E-state index in [0.29, 0.717) is 5.56 Å². The molecule has 2 heterocycles. The number of nitriles is 1. The molecule has 9 rings (SSSR count). The topological polar surface area (TPSA) is 33.6 Å². The molecule has 0 radical (unpaired) electrons. The molecule has 2 aromatic heterocycles. The van der Waals surface area contributed by atoms with Gasteiger partial charge in [-0.2, -0.15) is 5.26 Å². The van der Waals surface area contributed by atoms with Crippen LogP contribution in [0.25, 0.3) is 77.2 Å². The molecule has 0 saturated carbocycles. The third kappa shape index (κ3) is 3.91. The number of hydrogen-bond donors (Lipinski definition) is 0. The summed E-state index contributed by atoms with van der Waals surface area (Å²) in [6.07, 6.45) is 0. The second kappa shape index (κ2) is 10.4. The van der Waals surface area contributed by atoms with E-state index in [4.69, 9.17) is 0 Å². The summed E-state index contributed by atoms with van der Waals surface area (Å²) in [4.78, 5) is 0. The van der Waals surface area contributed by atoms with Gasteiger partial charge in [-0.25, -0.2) is 0 Å². The van der Waals surface area contributed by atoms with Crippen LogP contribution >= 0.6 is 0 Å². The fourth-order valence-corrected chi connectivity index (χ4v) is 7.16. The highest BCUT2D eigenvalue weighted by Crippen LogP contribution is 2.42. The van der Waals surface area contributed by atoms with Crippen molar-refractivity contribution >= 4 is 43.6 Å². The van der Waals surface area contributed by atoms with Crippen molar-refractivity contribution in [1.29, 1.82) is 5.26 Å². The summed E-state index contributed by atoms with van der Waals surface area (Å²) in [5.41, 5.74) is 12.0. The fourth-order valence-electron chi connectivity index (χ4n) is 7.16. The Kier molecular flexibility index (Phi) is 5.88. The van der Waals surface area contributed by atoms with Gasteiger partial charge in [-0.05, 0) is 77.4 Å². The first-order valence-electron chi connectivity index (χ1n) is 15.5. The van der Waals surface area contributed by atoms with E-state index < -0.39 is 0 Å². The zero-order valence-corrected chi connectivity index (χ0v) is 24.9. The van der Waals surface area contributed by atoms with Gasteiger partial charge in [-0.1, -0.05) is 103 Å². The summed E-state index contributed by atoms with van der Waals surface area (Å²) >= 11 is 0. The molecule has 214 valence electrons. The molecule has 0 aliphatic carbocycles. The maximum Gasteiger partial charge on any atom is 0.0991 e. The van der Waals surface area contributed by atoms with Crippen LogP contribution in [-0.4, -0.2) is 9.13 Å². The standard InChI is InChI=1S/C43H27N3/c44-28-29-22-24-40(36(26-29)30-12-3-1-4-13-30)46-39-20-10-8-17-35(39)43-33(18-11-21-42(43)46)31-23-25-41-37(27-31)34-16-7-9-19-38(34)45(41)32-14-5-2-6-15-32/h1-27H. The van der Waals surface area contributed by atoms with Gasteiger partial charge < -0.3 is 9.13 Å². The van der Waals surface area contributed by atoms with Crippen LogP contribution in [0.15, 0.2) is 164 Å². The van der Waals surface area contributed by atoms with Crippen LogP contribution < -0.4 is 0 Å². The molecular weight excluding hydrogens is 558 g/mol. The van der Waals surface area contributed by atoms with E-state index in [1.165, 1.54) is 43.7 Å². The number of para-hydroxylation sites is 3. The molecule has 3 heteroatoms. The largest absolute Gasteiger partial charge is 0.309 e. The summed E-state index contributed by atoms with van der Waals surface area (Å²) in [6.45, 7) is 0. The Balaban J connectivity index is 1.33. The van der Waals surface area contributed by atoms with Crippen molar-refractivity contribution in [2.75, 3.05) is 0 Å². The van der Waals surface area contributed by atoms with E-state index in [9.17, 15) is 5.26 Å². The van der Waals surface area contributed by atoms with E-state index in [-0.39, 0.29) is 0 Å². The van der Waals surface area contributed by atoms with E-state index in [2.05, 4.69) is 149 Å². The van der Waals surface area contributed by atoms with Crippen molar-refractivity contribution in [2.45, 2.75) is 0 Å². The van der Waals surface area contributed by atoms with Crippen molar-refractivity contribution < 1.29 is 0 Å². The molecule has 0 bridgehead atoms. The van der Waals surface area contributed by atoms with E-state index >= 15 is 0 Å². The summed E-state index contributed by atoms with van der Waals surface area (Å²) in [7, 11) is 0. The maximum absolute atomic E-state index is 9.79. The molecule has 0 spiro atoms. The average molecular weight is 586 g/mol. The summed E-state index contributed by atoms with van der Waals surface area (Å²) in [5, 5.41) is 14.7.